The quantitative estimate of drug-likeness (QED) is 0.637. The molecule has 5 heteroatoms. The molecule has 0 saturated heterocycles. The van der Waals surface area contributed by atoms with E-state index in [4.69, 9.17) is 0 Å². The molecular weight excluding hydrogens is 427 g/mol. The molecule has 0 heterocycles. The maximum absolute atomic E-state index is 12.4. The van der Waals surface area contributed by atoms with Crippen molar-refractivity contribution in [3.05, 3.63) is 62.7 Å². The zero-order valence-corrected chi connectivity index (χ0v) is 16.9. The van der Waals surface area contributed by atoms with Crippen LogP contribution in [0.3, 0.4) is 0 Å². The first-order valence-corrected chi connectivity index (χ1v) is 9.36. The molecule has 0 bridgehead atoms. The van der Waals surface area contributed by atoms with E-state index >= 15 is 0 Å². The third kappa shape index (κ3) is 5.85. The van der Waals surface area contributed by atoms with Crippen molar-refractivity contribution in [1.82, 2.24) is 5.32 Å². The molecule has 0 aliphatic carbocycles. The molecule has 2 amide bonds. The first kappa shape index (κ1) is 19.4. The largest absolute Gasteiger partial charge is 0.348 e. The van der Waals surface area contributed by atoms with Gasteiger partial charge in [0.2, 0.25) is 5.91 Å². The van der Waals surface area contributed by atoms with Crippen molar-refractivity contribution in [1.29, 1.82) is 0 Å². The number of nitrogens with one attached hydrogen (secondary N) is 2. The number of halogens is 1. The van der Waals surface area contributed by atoms with E-state index in [0.717, 1.165) is 20.4 Å². The highest BCUT2D eigenvalue weighted by Gasteiger charge is 2.11. The zero-order chi connectivity index (χ0) is 18.4. The van der Waals surface area contributed by atoms with E-state index in [1.807, 2.05) is 63.2 Å². The summed E-state index contributed by atoms with van der Waals surface area (Å²) in [5, 5.41) is 5.84. The molecule has 0 atom stereocenters. The average molecular weight is 450 g/mol. The standard InChI is InChI=1S/C20H23IN2O2/c1-13(2)10-18(24)23-16-8-5-7-15(11-16)12-22-20(25)17-9-4-6-14(3)19(17)21/h4-9,11,13H,10,12H2,1-3H3,(H,22,25)(H,23,24). The van der Waals surface area contributed by atoms with Crippen molar-refractivity contribution >= 4 is 40.1 Å². The number of aryl methyl sites for hydroxylation is 1. The van der Waals surface area contributed by atoms with Crippen LogP contribution in [0.2, 0.25) is 0 Å². The van der Waals surface area contributed by atoms with Crippen LogP contribution in [-0.2, 0) is 11.3 Å². The van der Waals surface area contributed by atoms with E-state index in [0.29, 0.717) is 24.4 Å². The van der Waals surface area contributed by atoms with Gasteiger partial charge in [-0.05, 0) is 64.8 Å². The van der Waals surface area contributed by atoms with Crippen LogP contribution in [0.4, 0.5) is 5.69 Å². The van der Waals surface area contributed by atoms with E-state index in [9.17, 15) is 9.59 Å². The summed E-state index contributed by atoms with van der Waals surface area (Å²) in [4.78, 5) is 24.3. The van der Waals surface area contributed by atoms with Crippen LogP contribution < -0.4 is 10.6 Å². The van der Waals surface area contributed by atoms with Crippen LogP contribution in [-0.4, -0.2) is 11.8 Å². The highest BCUT2D eigenvalue weighted by atomic mass is 127. The van der Waals surface area contributed by atoms with Gasteiger partial charge in [-0.1, -0.05) is 38.1 Å². The summed E-state index contributed by atoms with van der Waals surface area (Å²) in [5.41, 5.74) is 3.46. The summed E-state index contributed by atoms with van der Waals surface area (Å²) in [6.07, 6.45) is 0.493. The SMILES string of the molecule is Cc1cccc(C(=O)NCc2cccc(NC(=O)CC(C)C)c2)c1I. The molecule has 0 unspecified atom stereocenters. The predicted molar refractivity (Wildman–Crippen MR) is 110 cm³/mol. The Hall–Kier alpha value is -1.89. The number of anilines is 1. The molecule has 0 radical (unpaired) electrons. The molecule has 4 nitrogen and oxygen atoms in total. The lowest BCUT2D eigenvalue weighted by Gasteiger charge is -2.11. The number of carbonyl (C=O) groups is 2. The fourth-order valence-electron chi connectivity index (χ4n) is 2.44. The van der Waals surface area contributed by atoms with Crippen molar-refractivity contribution in [3.8, 4) is 0 Å². The van der Waals surface area contributed by atoms with Gasteiger partial charge >= 0.3 is 0 Å². The molecule has 2 aromatic rings. The highest BCUT2D eigenvalue weighted by molar-refractivity contribution is 14.1. The second-order valence-corrected chi connectivity index (χ2v) is 7.54. The molecular formula is C20H23IN2O2. The monoisotopic (exact) mass is 450 g/mol. The van der Waals surface area contributed by atoms with Gasteiger partial charge in [0.25, 0.3) is 5.91 Å². The Morgan fingerprint density at radius 3 is 2.56 bits per heavy atom. The minimum atomic E-state index is -0.0950. The molecule has 2 N–H and O–H groups in total. The Balaban J connectivity index is 1.99. The molecule has 0 saturated carbocycles. The topological polar surface area (TPSA) is 58.2 Å². The fourth-order valence-corrected chi connectivity index (χ4v) is 3.05. The summed E-state index contributed by atoms with van der Waals surface area (Å²) >= 11 is 2.19. The number of carbonyl (C=O) groups excluding carboxylic acids is 2. The fraction of sp³-hybridized carbons (Fsp3) is 0.300. The number of hydrogen-bond donors (Lipinski definition) is 2. The molecule has 25 heavy (non-hydrogen) atoms. The Morgan fingerprint density at radius 1 is 1.12 bits per heavy atom. The van der Waals surface area contributed by atoms with Crippen molar-refractivity contribution in [3.63, 3.8) is 0 Å². The lowest BCUT2D eigenvalue weighted by molar-refractivity contribution is -0.116. The minimum Gasteiger partial charge on any atom is -0.348 e. The average Bonchev–Trinajstić information content (AvgIpc) is 2.54. The van der Waals surface area contributed by atoms with E-state index < -0.39 is 0 Å². The third-order valence-electron chi connectivity index (χ3n) is 3.69. The lowest BCUT2D eigenvalue weighted by atomic mass is 10.1. The smallest absolute Gasteiger partial charge is 0.252 e. The summed E-state index contributed by atoms with van der Waals surface area (Å²) in [7, 11) is 0. The Labute approximate surface area is 162 Å². The van der Waals surface area contributed by atoms with Gasteiger partial charge in [0.05, 0.1) is 5.56 Å². The van der Waals surface area contributed by atoms with Gasteiger partial charge in [0, 0.05) is 22.2 Å². The third-order valence-corrected chi connectivity index (χ3v) is 5.13. The van der Waals surface area contributed by atoms with Crippen LogP contribution in [0.5, 0.6) is 0 Å². The van der Waals surface area contributed by atoms with Crippen LogP contribution in [0.15, 0.2) is 42.5 Å². The zero-order valence-electron chi connectivity index (χ0n) is 14.7. The van der Waals surface area contributed by atoms with Gasteiger partial charge in [0.1, 0.15) is 0 Å². The maximum atomic E-state index is 12.4. The number of hydrogen-bond acceptors (Lipinski definition) is 2. The normalized spacial score (nSPS) is 10.6. The molecule has 0 aliphatic heterocycles. The summed E-state index contributed by atoms with van der Waals surface area (Å²) < 4.78 is 0.965. The number of rotatable bonds is 6. The van der Waals surface area contributed by atoms with Gasteiger partial charge in [-0.3, -0.25) is 9.59 Å². The molecule has 0 fully saturated rings. The van der Waals surface area contributed by atoms with Gasteiger partial charge < -0.3 is 10.6 Å². The molecule has 0 aliphatic rings. The summed E-state index contributed by atoms with van der Waals surface area (Å²) in [6, 6.07) is 13.3. The van der Waals surface area contributed by atoms with Gasteiger partial charge in [0.15, 0.2) is 0 Å². The predicted octanol–water partition coefficient (Wildman–Crippen LogP) is 4.51. The molecule has 2 aromatic carbocycles. The summed E-state index contributed by atoms with van der Waals surface area (Å²) in [5.74, 6) is 0.229. The van der Waals surface area contributed by atoms with Crippen molar-refractivity contribution in [2.45, 2.75) is 33.7 Å². The van der Waals surface area contributed by atoms with Gasteiger partial charge in [-0.2, -0.15) is 0 Å². The maximum Gasteiger partial charge on any atom is 0.252 e. The van der Waals surface area contributed by atoms with Crippen LogP contribution in [0, 0.1) is 16.4 Å². The van der Waals surface area contributed by atoms with E-state index in [2.05, 4.69) is 33.2 Å². The van der Waals surface area contributed by atoms with Crippen molar-refractivity contribution in [2.75, 3.05) is 5.32 Å². The first-order chi connectivity index (χ1) is 11.9. The Morgan fingerprint density at radius 2 is 1.84 bits per heavy atom. The van der Waals surface area contributed by atoms with Gasteiger partial charge in [-0.25, -0.2) is 0 Å². The minimum absolute atomic E-state index is 0.00509. The number of amides is 2. The number of benzene rings is 2. The van der Waals surface area contributed by atoms with Crippen LogP contribution in [0.25, 0.3) is 0 Å². The molecule has 2 rings (SSSR count). The molecule has 132 valence electrons. The van der Waals surface area contributed by atoms with Crippen molar-refractivity contribution in [2.24, 2.45) is 5.92 Å². The van der Waals surface area contributed by atoms with E-state index in [1.54, 1.807) is 0 Å². The van der Waals surface area contributed by atoms with E-state index in [1.165, 1.54) is 0 Å². The highest BCUT2D eigenvalue weighted by Crippen LogP contribution is 2.17. The van der Waals surface area contributed by atoms with Crippen LogP contribution >= 0.6 is 22.6 Å². The molecule has 0 spiro atoms. The van der Waals surface area contributed by atoms with Crippen molar-refractivity contribution < 1.29 is 9.59 Å². The Kier molecular flexibility index (Phi) is 6.99. The van der Waals surface area contributed by atoms with Gasteiger partial charge in [-0.15, -0.1) is 0 Å². The lowest BCUT2D eigenvalue weighted by Crippen LogP contribution is -2.24. The Bertz CT molecular complexity index is 772. The summed E-state index contributed by atoms with van der Waals surface area (Å²) in [6.45, 7) is 6.43. The van der Waals surface area contributed by atoms with Crippen LogP contribution in [0.1, 0.15) is 41.8 Å². The second kappa shape index (κ2) is 8.99. The molecule has 0 aromatic heterocycles. The van der Waals surface area contributed by atoms with E-state index in [-0.39, 0.29) is 11.8 Å². The first-order valence-electron chi connectivity index (χ1n) is 8.29. The second-order valence-electron chi connectivity index (χ2n) is 6.47.